The summed E-state index contributed by atoms with van der Waals surface area (Å²) in [6, 6.07) is 0. The normalized spacial score (nSPS) is 9.53. The number of rotatable bonds is 7. The zero-order valence-corrected chi connectivity index (χ0v) is 10.1. The number of guanidine groups is 1. The van der Waals surface area contributed by atoms with Crippen LogP contribution in [0.2, 0.25) is 0 Å². The third-order valence-electron chi connectivity index (χ3n) is 1.54. The topological polar surface area (TPSA) is 45.6 Å². The first-order chi connectivity index (χ1) is 7.20. The third-order valence-corrected chi connectivity index (χ3v) is 1.54. The summed E-state index contributed by atoms with van der Waals surface area (Å²) in [5, 5.41) is 6.30. The first-order valence-corrected chi connectivity index (χ1v) is 5.45. The molecular weight excluding hydrogens is 190 g/mol. The van der Waals surface area contributed by atoms with Crippen LogP contribution in [-0.4, -0.2) is 38.8 Å². The van der Waals surface area contributed by atoms with Gasteiger partial charge in [-0.15, -0.1) is 0 Å². The van der Waals surface area contributed by atoms with Crippen molar-refractivity contribution >= 4 is 5.96 Å². The molecule has 0 aliphatic heterocycles. The average Bonchev–Trinajstić information content (AvgIpc) is 2.17. The molecule has 0 spiro atoms. The SMILES string of the molecule is C=C(C)COCCN=C(NCC)NCC. The Kier molecular flexibility index (Phi) is 8.87. The number of aliphatic imine (C=N–C) groups is 1. The van der Waals surface area contributed by atoms with Crippen molar-refractivity contribution in [2.45, 2.75) is 20.8 Å². The van der Waals surface area contributed by atoms with E-state index in [1.807, 2.05) is 20.8 Å². The van der Waals surface area contributed by atoms with Crippen molar-refractivity contribution in [2.24, 2.45) is 4.99 Å². The van der Waals surface area contributed by atoms with Crippen molar-refractivity contribution in [3.05, 3.63) is 12.2 Å². The van der Waals surface area contributed by atoms with Gasteiger partial charge in [-0.3, -0.25) is 4.99 Å². The highest BCUT2D eigenvalue weighted by Crippen LogP contribution is 1.87. The van der Waals surface area contributed by atoms with Crippen LogP contribution in [0.5, 0.6) is 0 Å². The van der Waals surface area contributed by atoms with Gasteiger partial charge in [-0.1, -0.05) is 12.2 Å². The van der Waals surface area contributed by atoms with Crippen molar-refractivity contribution in [3.63, 3.8) is 0 Å². The summed E-state index contributed by atoms with van der Waals surface area (Å²) in [6.07, 6.45) is 0. The Morgan fingerprint density at radius 3 is 2.33 bits per heavy atom. The van der Waals surface area contributed by atoms with E-state index >= 15 is 0 Å². The van der Waals surface area contributed by atoms with Crippen molar-refractivity contribution < 1.29 is 4.74 Å². The molecule has 2 N–H and O–H groups in total. The summed E-state index contributed by atoms with van der Waals surface area (Å²) in [7, 11) is 0. The maximum Gasteiger partial charge on any atom is 0.191 e. The van der Waals surface area contributed by atoms with E-state index in [4.69, 9.17) is 4.74 Å². The van der Waals surface area contributed by atoms with Gasteiger partial charge in [0.1, 0.15) is 0 Å². The molecule has 0 aromatic rings. The summed E-state index contributed by atoms with van der Waals surface area (Å²) in [5.41, 5.74) is 1.04. The Bertz CT molecular complexity index is 194. The van der Waals surface area contributed by atoms with Gasteiger partial charge in [0.05, 0.1) is 19.8 Å². The highest BCUT2D eigenvalue weighted by Gasteiger charge is 1.93. The number of nitrogens with one attached hydrogen (secondary N) is 2. The molecule has 0 saturated heterocycles. The van der Waals surface area contributed by atoms with Crippen LogP contribution in [-0.2, 0) is 4.74 Å². The van der Waals surface area contributed by atoms with E-state index in [1.54, 1.807) is 0 Å². The molecular formula is C11H23N3O. The molecule has 0 unspecified atom stereocenters. The van der Waals surface area contributed by atoms with Crippen molar-refractivity contribution in [3.8, 4) is 0 Å². The Labute approximate surface area is 92.8 Å². The van der Waals surface area contributed by atoms with E-state index in [1.165, 1.54) is 0 Å². The zero-order valence-electron chi connectivity index (χ0n) is 10.1. The molecule has 88 valence electrons. The van der Waals surface area contributed by atoms with Gasteiger partial charge in [0.15, 0.2) is 5.96 Å². The number of nitrogens with zero attached hydrogens (tertiary/aromatic N) is 1. The fraction of sp³-hybridized carbons (Fsp3) is 0.727. The molecule has 0 atom stereocenters. The fourth-order valence-corrected chi connectivity index (χ4v) is 0.978. The fourth-order valence-electron chi connectivity index (χ4n) is 0.978. The molecule has 15 heavy (non-hydrogen) atoms. The van der Waals surface area contributed by atoms with E-state index in [9.17, 15) is 0 Å². The van der Waals surface area contributed by atoms with E-state index in [-0.39, 0.29) is 0 Å². The maximum absolute atomic E-state index is 5.34. The van der Waals surface area contributed by atoms with E-state index in [2.05, 4.69) is 22.2 Å². The summed E-state index contributed by atoms with van der Waals surface area (Å²) in [4.78, 5) is 4.34. The molecule has 0 saturated carbocycles. The number of ether oxygens (including phenoxy) is 1. The van der Waals surface area contributed by atoms with Crippen LogP contribution < -0.4 is 10.6 Å². The average molecular weight is 213 g/mol. The lowest BCUT2D eigenvalue weighted by Gasteiger charge is -2.09. The predicted octanol–water partition coefficient (Wildman–Crippen LogP) is 1.15. The smallest absolute Gasteiger partial charge is 0.191 e. The van der Waals surface area contributed by atoms with Gasteiger partial charge in [-0.25, -0.2) is 0 Å². The monoisotopic (exact) mass is 213 g/mol. The summed E-state index contributed by atoms with van der Waals surface area (Å²) in [5.74, 6) is 0.846. The summed E-state index contributed by atoms with van der Waals surface area (Å²) >= 11 is 0. The highest BCUT2D eigenvalue weighted by molar-refractivity contribution is 5.79. The Balaban J connectivity index is 3.64. The molecule has 0 aliphatic carbocycles. The molecule has 0 bridgehead atoms. The van der Waals surface area contributed by atoms with Crippen LogP contribution >= 0.6 is 0 Å². The lowest BCUT2D eigenvalue weighted by molar-refractivity contribution is 0.164. The second kappa shape index (κ2) is 9.52. The first-order valence-electron chi connectivity index (χ1n) is 5.45. The van der Waals surface area contributed by atoms with Crippen LogP contribution in [0.25, 0.3) is 0 Å². The molecule has 4 nitrogen and oxygen atoms in total. The molecule has 0 aliphatic rings. The maximum atomic E-state index is 5.34. The van der Waals surface area contributed by atoms with Crippen molar-refractivity contribution in [1.29, 1.82) is 0 Å². The Morgan fingerprint density at radius 2 is 1.87 bits per heavy atom. The second-order valence-corrected chi connectivity index (χ2v) is 3.30. The summed E-state index contributed by atoms with van der Waals surface area (Å²) in [6.45, 7) is 13.5. The van der Waals surface area contributed by atoms with Crippen LogP contribution in [0.3, 0.4) is 0 Å². The number of hydrogen-bond donors (Lipinski definition) is 2. The molecule has 4 heteroatoms. The minimum absolute atomic E-state index is 0.618. The van der Waals surface area contributed by atoms with E-state index < -0.39 is 0 Å². The van der Waals surface area contributed by atoms with E-state index in [0.717, 1.165) is 24.6 Å². The van der Waals surface area contributed by atoms with E-state index in [0.29, 0.717) is 19.8 Å². The third kappa shape index (κ3) is 9.28. The van der Waals surface area contributed by atoms with Crippen molar-refractivity contribution in [1.82, 2.24) is 10.6 Å². The van der Waals surface area contributed by atoms with Gasteiger partial charge in [-0.05, 0) is 20.8 Å². The standard InChI is InChI=1S/C11H23N3O/c1-5-12-11(13-6-2)14-7-8-15-9-10(3)4/h3,5-9H2,1-2,4H3,(H2,12,13,14). The zero-order chi connectivity index (χ0) is 11.5. The second-order valence-electron chi connectivity index (χ2n) is 3.30. The lowest BCUT2D eigenvalue weighted by atomic mass is 10.4. The molecule has 0 fully saturated rings. The quantitative estimate of drug-likeness (QED) is 0.289. The molecule has 0 aromatic heterocycles. The highest BCUT2D eigenvalue weighted by atomic mass is 16.5. The predicted molar refractivity (Wildman–Crippen MR) is 65.3 cm³/mol. The van der Waals surface area contributed by atoms with Gasteiger partial charge < -0.3 is 15.4 Å². The molecule has 0 aromatic carbocycles. The Morgan fingerprint density at radius 1 is 1.27 bits per heavy atom. The van der Waals surface area contributed by atoms with Crippen LogP contribution in [0, 0.1) is 0 Å². The van der Waals surface area contributed by atoms with Gasteiger partial charge in [0.2, 0.25) is 0 Å². The minimum atomic E-state index is 0.618. The molecule has 0 amide bonds. The molecule has 0 rings (SSSR count). The van der Waals surface area contributed by atoms with Gasteiger partial charge in [-0.2, -0.15) is 0 Å². The first kappa shape index (κ1) is 14.0. The van der Waals surface area contributed by atoms with Crippen LogP contribution in [0.15, 0.2) is 17.1 Å². The minimum Gasteiger partial charge on any atom is -0.375 e. The number of hydrogen-bond acceptors (Lipinski definition) is 2. The van der Waals surface area contributed by atoms with Gasteiger partial charge in [0, 0.05) is 13.1 Å². The molecule has 0 radical (unpaired) electrons. The molecule has 0 heterocycles. The van der Waals surface area contributed by atoms with Crippen LogP contribution in [0.1, 0.15) is 20.8 Å². The van der Waals surface area contributed by atoms with Crippen LogP contribution in [0.4, 0.5) is 0 Å². The summed E-state index contributed by atoms with van der Waals surface area (Å²) < 4.78 is 5.34. The van der Waals surface area contributed by atoms with Gasteiger partial charge >= 0.3 is 0 Å². The largest absolute Gasteiger partial charge is 0.375 e. The van der Waals surface area contributed by atoms with Gasteiger partial charge in [0.25, 0.3) is 0 Å². The lowest BCUT2D eigenvalue weighted by Crippen LogP contribution is -2.37. The van der Waals surface area contributed by atoms with Crippen molar-refractivity contribution in [2.75, 3.05) is 32.8 Å². The Hall–Kier alpha value is -1.03.